The Hall–Kier alpha value is -1.31. The summed E-state index contributed by atoms with van der Waals surface area (Å²) in [6, 6.07) is -0.301. The van der Waals surface area contributed by atoms with Crippen LogP contribution < -0.4 is 5.32 Å². The van der Waals surface area contributed by atoms with E-state index in [0.29, 0.717) is 25.9 Å². The van der Waals surface area contributed by atoms with E-state index in [2.05, 4.69) is 5.32 Å². The third kappa shape index (κ3) is 5.37. The second-order valence-corrected chi connectivity index (χ2v) is 9.60. The van der Waals surface area contributed by atoms with E-state index < -0.39 is 21.5 Å². The Morgan fingerprint density at radius 1 is 1.22 bits per heavy atom. The predicted molar refractivity (Wildman–Crippen MR) is 85.7 cm³/mol. The standard InChI is InChI=1S/C15H26N2O5S/c1-15(2,3)22-14(19)17-7-4-5-11(9-17)13(18)16-12-6-8-23(20,21)10-12/h11-12H,4-10H2,1-3H3,(H,16,18). The van der Waals surface area contributed by atoms with Gasteiger partial charge in [0.2, 0.25) is 5.91 Å². The third-order valence-corrected chi connectivity index (χ3v) is 5.79. The van der Waals surface area contributed by atoms with Crippen LogP contribution in [0, 0.1) is 5.92 Å². The monoisotopic (exact) mass is 346 g/mol. The van der Waals surface area contributed by atoms with E-state index in [0.717, 1.165) is 6.42 Å². The first-order chi connectivity index (χ1) is 10.6. The molecule has 2 aliphatic heterocycles. The molecule has 2 unspecified atom stereocenters. The number of likely N-dealkylation sites (tertiary alicyclic amines) is 1. The molecule has 0 aliphatic carbocycles. The molecule has 8 heteroatoms. The normalized spacial score (nSPS) is 27.5. The molecule has 0 bridgehead atoms. The molecule has 0 saturated carbocycles. The van der Waals surface area contributed by atoms with Gasteiger partial charge in [-0.25, -0.2) is 13.2 Å². The van der Waals surface area contributed by atoms with E-state index in [1.165, 1.54) is 0 Å². The Bertz CT molecular complexity index is 567. The van der Waals surface area contributed by atoms with Gasteiger partial charge in [-0.1, -0.05) is 0 Å². The molecule has 7 nitrogen and oxygen atoms in total. The number of nitrogens with zero attached hydrogens (tertiary/aromatic N) is 1. The molecule has 2 saturated heterocycles. The van der Waals surface area contributed by atoms with Crippen LogP contribution in [0.4, 0.5) is 4.79 Å². The smallest absolute Gasteiger partial charge is 0.410 e. The largest absolute Gasteiger partial charge is 0.444 e. The number of nitrogens with one attached hydrogen (secondary N) is 1. The van der Waals surface area contributed by atoms with Gasteiger partial charge in [-0.2, -0.15) is 0 Å². The van der Waals surface area contributed by atoms with Crippen molar-refractivity contribution in [2.45, 2.75) is 51.7 Å². The zero-order chi connectivity index (χ0) is 17.3. The molecule has 132 valence electrons. The summed E-state index contributed by atoms with van der Waals surface area (Å²) in [4.78, 5) is 26.0. The Labute approximate surface area is 137 Å². The fraction of sp³-hybridized carbons (Fsp3) is 0.867. The van der Waals surface area contributed by atoms with Crippen LogP contribution in [-0.4, -0.2) is 61.6 Å². The predicted octanol–water partition coefficient (Wildman–Crippen LogP) is 0.937. The fourth-order valence-corrected chi connectivity index (χ4v) is 4.58. The Balaban J connectivity index is 1.88. The molecular formula is C15H26N2O5S. The van der Waals surface area contributed by atoms with Crippen molar-refractivity contribution in [3.05, 3.63) is 0 Å². The molecule has 2 amide bonds. The summed E-state index contributed by atoms with van der Waals surface area (Å²) in [5.74, 6) is -0.326. The van der Waals surface area contributed by atoms with Crippen LogP contribution in [0.25, 0.3) is 0 Å². The number of hydrogen-bond donors (Lipinski definition) is 1. The van der Waals surface area contributed by atoms with Crippen LogP contribution in [0.3, 0.4) is 0 Å². The second-order valence-electron chi connectivity index (χ2n) is 7.37. The lowest BCUT2D eigenvalue weighted by atomic mass is 9.97. The number of ether oxygens (including phenoxy) is 1. The van der Waals surface area contributed by atoms with E-state index >= 15 is 0 Å². The van der Waals surface area contributed by atoms with Gasteiger partial charge in [0.05, 0.1) is 17.4 Å². The van der Waals surface area contributed by atoms with Crippen LogP contribution in [0.5, 0.6) is 0 Å². The first kappa shape index (κ1) is 18.0. The van der Waals surface area contributed by atoms with Gasteiger partial charge in [-0.3, -0.25) is 4.79 Å². The molecule has 0 aromatic carbocycles. The zero-order valence-electron chi connectivity index (χ0n) is 14.0. The number of piperidine rings is 1. The average Bonchev–Trinajstić information content (AvgIpc) is 2.76. The molecule has 1 N–H and O–H groups in total. The van der Waals surface area contributed by atoms with Crippen molar-refractivity contribution >= 4 is 21.8 Å². The summed E-state index contributed by atoms with van der Waals surface area (Å²) in [5, 5.41) is 2.82. The van der Waals surface area contributed by atoms with Crippen LogP contribution >= 0.6 is 0 Å². The molecule has 0 spiro atoms. The lowest BCUT2D eigenvalue weighted by Crippen LogP contribution is -2.48. The molecule has 0 aromatic rings. The molecular weight excluding hydrogens is 320 g/mol. The Kier molecular flexibility index (Phi) is 5.23. The highest BCUT2D eigenvalue weighted by Crippen LogP contribution is 2.20. The summed E-state index contributed by atoms with van der Waals surface area (Å²) in [5.41, 5.74) is -0.565. The van der Waals surface area contributed by atoms with Gasteiger partial charge in [0.1, 0.15) is 5.60 Å². The van der Waals surface area contributed by atoms with Crippen molar-refractivity contribution < 1.29 is 22.7 Å². The zero-order valence-corrected chi connectivity index (χ0v) is 14.8. The number of rotatable bonds is 2. The van der Waals surface area contributed by atoms with Gasteiger partial charge in [-0.05, 0) is 40.0 Å². The molecule has 2 heterocycles. The van der Waals surface area contributed by atoms with Crippen molar-refractivity contribution in [3.63, 3.8) is 0 Å². The highest BCUT2D eigenvalue weighted by atomic mass is 32.2. The third-order valence-electron chi connectivity index (χ3n) is 4.02. The van der Waals surface area contributed by atoms with Crippen LogP contribution in [-0.2, 0) is 19.4 Å². The van der Waals surface area contributed by atoms with E-state index in [9.17, 15) is 18.0 Å². The van der Waals surface area contributed by atoms with Crippen LogP contribution in [0.1, 0.15) is 40.0 Å². The average molecular weight is 346 g/mol. The SMILES string of the molecule is CC(C)(C)OC(=O)N1CCCC(C(=O)NC2CCS(=O)(=O)C2)C1. The van der Waals surface area contributed by atoms with Crippen molar-refractivity contribution in [1.29, 1.82) is 0 Å². The van der Waals surface area contributed by atoms with Gasteiger partial charge < -0.3 is 15.0 Å². The van der Waals surface area contributed by atoms with Gasteiger partial charge in [0.25, 0.3) is 0 Å². The van der Waals surface area contributed by atoms with Crippen LogP contribution in [0.15, 0.2) is 0 Å². The molecule has 0 radical (unpaired) electrons. The Morgan fingerprint density at radius 3 is 2.48 bits per heavy atom. The highest BCUT2D eigenvalue weighted by molar-refractivity contribution is 7.91. The number of carbonyl (C=O) groups excluding carboxylic acids is 2. The van der Waals surface area contributed by atoms with Crippen molar-refractivity contribution in [1.82, 2.24) is 10.2 Å². The van der Waals surface area contributed by atoms with Gasteiger partial charge >= 0.3 is 6.09 Å². The lowest BCUT2D eigenvalue weighted by molar-refractivity contribution is -0.127. The molecule has 2 aliphatic rings. The van der Waals surface area contributed by atoms with E-state index in [1.807, 2.05) is 0 Å². The van der Waals surface area contributed by atoms with Gasteiger partial charge in [0.15, 0.2) is 9.84 Å². The van der Waals surface area contributed by atoms with Crippen LogP contribution in [0.2, 0.25) is 0 Å². The molecule has 2 fully saturated rings. The number of amides is 2. The van der Waals surface area contributed by atoms with Crippen molar-refractivity contribution in [2.24, 2.45) is 5.92 Å². The summed E-state index contributed by atoms with van der Waals surface area (Å²) in [6.45, 7) is 6.31. The number of carbonyl (C=O) groups is 2. The molecule has 2 rings (SSSR count). The first-order valence-electron chi connectivity index (χ1n) is 8.04. The first-order valence-corrected chi connectivity index (χ1v) is 9.86. The van der Waals surface area contributed by atoms with Crippen molar-refractivity contribution in [3.8, 4) is 0 Å². The minimum atomic E-state index is -3.02. The molecule has 0 aromatic heterocycles. The van der Waals surface area contributed by atoms with E-state index in [1.54, 1.807) is 25.7 Å². The summed E-state index contributed by atoms with van der Waals surface area (Å²) in [7, 11) is -3.02. The molecule has 23 heavy (non-hydrogen) atoms. The maximum atomic E-state index is 12.3. The maximum Gasteiger partial charge on any atom is 0.410 e. The topological polar surface area (TPSA) is 92.8 Å². The number of sulfone groups is 1. The highest BCUT2D eigenvalue weighted by Gasteiger charge is 2.34. The summed E-state index contributed by atoms with van der Waals surface area (Å²) in [6.07, 6.45) is 1.50. The summed E-state index contributed by atoms with van der Waals surface area (Å²) >= 11 is 0. The van der Waals surface area contributed by atoms with Gasteiger partial charge in [-0.15, -0.1) is 0 Å². The van der Waals surface area contributed by atoms with E-state index in [4.69, 9.17) is 4.74 Å². The second kappa shape index (κ2) is 6.67. The maximum absolute atomic E-state index is 12.3. The fourth-order valence-electron chi connectivity index (χ4n) is 2.91. The number of hydrogen-bond acceptors (Lipinski definition) is 5. The Morgan fingerprint density at radius 2 is 1.91 bits per heavy atom. The minimum Gasteiger partial charge on any atom is -0.444 e. The quantitative estimate of drug-likeness (QED) is 0.803. The minimum absolute atomic E-state index is 0.0151. The lowest BCUT2D eigenvalue weighted by Gasteiger charge is -2.33. The molecule has 2 atom stereocenters. The van der Waals surface area contributed by atoms with Crippen molar-refractivity contribution in [2.75, 3.05) is 24.6 Å². The van der Waals surface area contributed by atoms with Gasteiger partial charge in [0, 0.05) is 19.1 Å². The summed E-state index contributed by atoms with van der Waals surface area (Å²) < 4.78 is 28.2. The van der Waals surface area contributed by atoms with E-state index in [-0.39, 0.29) is 29.4 Å².